The molecule has 2 aromatic rings. The van der Waals surface area contributed by atoms with Crippen LogP contribution in [-0.4, -0.2) is 26.7 Å². The average Bonchev–Trinajstić information content (AvgIpc) is 2.99. The van der Waals surface area contributed by atoms with Crippen LogP contribution < -0.4 is 10.6 Å². The number of hydrogen-bond acceptors (Lipinski definition) is 5. The number of rotatable bonds is 7. The SMILES string of the molecule is O=C(CNCS(=O)(=O)c1ccc(F)cc1)NCc1ccco1. The van der Waals surface area contributed by atoms with Crippen molar-refractivity contribution in [2.75, 3.05) is 12.4 Å². The summed E-state index contributed by atoms with van der Waals surface area (Å²) >= 11 is 0. The third-order valence-electron chi connectivity index (χ3n) is 2.79. The Bertz CT molecular complexity index is 712. The summed E-state index contributed by atoms with van der Waals surface area (Å²) in [5.41, 5.74) is 0. The number of furan rings is 1. The maximum Gasteiger partial charge on any atom is 0.234 e. The minimum absolute atomic E-state index is 0.00241. The van der Waals surface area contributed by atoms with Crippen molar-refractivity contribution in [2.24, 2.45) is 0 Å². The quantitative estimate of drug-likeness (QED) is 0.743. The second-order valence-corrected chi connectivity index (χ2v) is 6.49. The van der Waals surface area contributed by atoms with Crippen LogP contribution in [0.25, 0.3) is 0 Å². The minimum atomic E-state index is -3.61. The Morgan fingerprint density at radius 3 is 2.55 bits per heavy atom. The molecule has 1 aromatic heterocycles. The highest BCUT2D eigenvalue weighted by Crippen LogP contribution is 2.10. The largest absolute Gasteiger partial charge is 0.467 e. The summed E-state index contributed by atoms with van der Waals surface area (Å²) in [5.74, 6) is -0.672. The lowest BCUT2D eigenvalue weighted by atomic mass is 10.4. The number of amides is 1. The van der Waals surface area contributed by atoms with Gasteiger partial charge in [-0.3, -0.25) is 10.1 Å². The molecule has 0 radical (unpaired) electrons. The molecule has 0 saturated carbocycles. The van der Waals surface area contributed by atoms with E-state index in [1.807, 2.05) is 0 Å². The minimum Gasteiger partial charge on any atom is -0.467 e. The topological polar surface area (TPSA) is 88.4 Å². The Kier molecular flexibility index (Phi) is 5.29. The van der Waals surface area contributed by atoms with Crippen molar-refractivity contribution >= 4 is 15.7 Å². The summed E-state index contributed by atoms with van der Waals surface area (Å²) in [6.07, 6.45) is 1.50. The lowest BCUT2D eigenvalue weighted by Gasteiger charge is -2.07. The molecule has 6 nitrogen and oxygen atoms in total. The maximum atomic E-state index is 12.8. The van der Waals surface area contributed by atoms with Crippen LogP contribution in [0.5, 0.6) is 0 Å². The fourth-order valence-electron chi connectivity index (χ4n) is 1.69. The zero-order valence-corrected chi connectivity index (χ0v) is 12.4. The second-order valence-electron chi connectivity index (χ2n) is 4.50. The van der Waals surface area contributed by atoms with E-state index in [0.717, 1.165) is 12.1 Å². The van der Waals surface area contributed by atoms with Crippen LogP contribution >= 0.6 is 0 Å². The van der Waals surface area contributed by atoms with Crippen molar-refractivity contribution in [3.8, 4) is 0 Å². The van der Waals surface area contributed by atoms with E-state index in [1.165, 1.54) is 18.4 Å². The van der Waals surface area contributed by atoms with Crippen LogP contribution in [0.2, 0.25) is 0 Å². The first kappa shape index (κ1) is 16.2. The van der Waals surface area contributed by atoms with Gasteiger partial charge in [-0.05, 0) is 36.4 Å². The molecule has 118 valence electrons. The second kappa shape index (κ2) is 7.19. The van der Waals surface area contributed by atoms with Gasteiger partial charge in [0.2, 0.25) is 5.91 Å². The first-order valence-electron chi connectivity index (χ1n) is 6.45. The highest BCUT2D eigenvalue weighted by atomic mass is 32.2. The van der Waals surface area contributed by atoms with E-state index in [4.69, 9.17) is 4.42 Å². The van der Waals surface area contributed by atoms with Gasteiger partial charge in [-0.25, -0.2) is 12.8 Å². The van der Waals surface area contributed by atoms with Crippen LogP contribution in [0.3, 0.4) is 0 Å². The summed E-state index contributed by atoms with van der Waals surface area (Å²) in [6, 6.07) is 7.93. The normalized spacial score (nSPS) is 11.3. The van der Waals surface area contributed by atoms with Crippen molar-refractivity contribution in [3.63, 3.8) is 0 Å². The molecule has 1 heterocycles. The molecule has 22 heavy (non-hydrogen) atoms. The molecule has 2 N–H and O–H groups in total. The highest BCUT2D eigenvalue weighted by molar-refractivity contribution is 7.91. The molecular weight excluding hydrogens is 311 g/mol. The molecule has 0 unspecified atom stereocenters. The zero-order chi connectivity index (χ0) is 16.0. The lowest BCUT2D eigenvalue weighted by molar-refractivity contribution is -0.120. The van der Waals surface area contributed by atoms with E-state index in [1.54, 1.807) is 12.1 Å². The maximum absolute atomic E-state index is 12.8. The number of benzene rings is 1. The molecule has 8 heteroatoms. The molecule has 1 aromatic carbocycles. The van der Waals surface area contributed by atoms with Crippen LogP contribution in [0.15, 0.2) is 52.0 Å². The summed E-state index contributed by atoms with van der Waals surface area (Å²) in [6.45, 7) is 0.0827. The molecule has 0 aliphatic carbocycles. The van der Waals surface area contributed by atoms with E-state index in [9.17, 15) is 17.6 Å². The summed E-state index contributed by atoms with van der Waals surface area (Å²) in [5, 5.41) is 5.12. The molecule has 1 amide bonds. The van der Waals surface area contributed by atoms with Crippen LogP contribution in [0, 0.1) is 5.82 Å². The predicted octanol–water partition coefficient (Wildman–Crippen LogP) is 1.06. The molecule has 0 fully saturated rings. The van der Waals surface area contributed by atoms with Crippen molar-refractivity contribution in [2.45, 2.75) is 11.4 Å². The number of sulfone groups is 1. The molecule has 2 rings (SSSR count). The summed E-state index contributed by atoms with van der Waals surface area (Å²) < 4.78 is 41.7. The third kappa shape index (κ3) is 4.68. The number of carbonyl (C=O) groups excluding carboxylic acids is 1. The molecule has 0 spiro atoms. The molecule has 0 atom stereocenters. The smallest absolute Gasteiger partial charge is 0.234 e. The Morgan fingerprint density at radius 2 is 1.91 bits per heavy atom. The highest BCUT2D eigenvalue weighted by Gasteiger charge is 2.14. The van der Waals surface area contributed by atoms with Crippen LogP contribution in [-0.2, 0) is 21.2 Å². The Hall–Kier alpha value is -2.19. The van der Waals surface area contributed by atoms with Crippen molar-refractivity contribution < 1.29 is 22.0 Å². The molecule has 0 aliphatic rings. The van der Waals surface area contributed by atoms with E-state index < -0.39 is 21.5 Å². The number of carbonyl (C=O) groups is 1. The van der Waals surface area contributed by atoms with Gasteiger partial charge in [0.25, 0.3) is 0 Å². The Morgan fingerprint density at radius 1 is 1.18 bits per heavy atom. The fraction of sp³-hybridized carbons (Fsp3) is 0.214. The van der Waals surface area contributed by atoms with E-state index in [2.05, 4.69) is 10.6 Å². The van der Waals surface area contributed by atoms with Gasteiger partial charge in [-0.2, -0.15) is 0 Å². The first-order valence-corrected chi connectivity index (χ1v) is 8.11. The lowest BCUT2D eigenvalue weighted by Crippen LogP contribution is -2.35. The Labute approximate surface area is 127 Å². The number of halogens is 1. The summed E-state index contributed by atoms with van der Waals surface area (Å²) in [4.78, 5) is 11.5. The Balaban J connectivity index is 1.77. The van der Waals surface area contributed by atoms with Gasteiger partial charge in [0.15, 0.2) is 9.84 Å². The fourth-order valence-corrected chi connectivity index (χ4v) is 2.77. The zero-order valence-electron chi connectivity index (χ0n) is 11.6. The van der Waals surface area contributed by atoms with Gasteiger partial charge in [-0.1, -0.05) is 0 Å². The number of nitrogens with one attached hydrogen (secondary N) is 2. The van der Waals surface area contributed by atoms with Gasteiger partial charge in [0.05, 0.1) is 24.2 Å². The van der Waals surface area contributed by atoms with Crippen LogP contribution in [0.4, 0.5) is 4.39 Å². The van der Waals surface area contributed by atoms with Gasteiger partial charge < -0.3 is 9.73 Å². The van der Waals surface area contributed by atoms with Gasteiger partial charge >= 0.3 is 0 Å². The monoisotopic (exact) mass is 326 g/mol. The molecular formula is C14H15FN2O4S. The molecule has 0 aliphatic heterocycles. The van der Waals surface area contributed by atoms with Gasteiger partial charge in [0, 0.05) is 0 Å². The third-order valence-corrected chi connectivity index (χ3v) is 4.36. The predicted molar refractivity (Wildman–Crippen MR) is 77.0 cm³/mol. The van der Waals surface area contributed by atoms with Crippen molar-refractivity contribution in [3.05, 3.63) is 54.2 Å². The van der Waals surface area contributed by atoms with Crippen molar-refractivity contribution in [1.29, 1.82) is 0 Å². The van der Waals surface area contributed by atoms with Crippen molar-refractivity contribution in [1.82, 2.24) is 10.6 Å². The molecule has 0 saturated heterocycles. The van der Waals surface area contributed by atoms with Gasteiger partial charge in [0.1, 0.15) is 17.5 Å². The van der Waals surface area contributed by atoms with E-state index >= 15 is 0 Å². The van der Waals surface area contributed by atoms with Gasteiger partial charge in [-0.15, -0.1) is 0 Å². The first-order chi connectivity index (χ1) is 10.5. The summed E-state index contributed by atoms with van der Waals surface area (Å²) in [7, 11) is -3.61. The van der Waals surface area contributed by atoms with Crippen LogP contribution in [0.1, 0.15) is 5.76 Å². The molecule has 0 bridgehead atoms. The average molecular weight is 326 g/mol. The van der Waals surface area contributed by atoms with E-state index in [-0.39, 0.29) is 23.9 Å². The number of hydrogen-bond donors (Lipinski definition) is 2. The van der Waals surface area contributed by atoms with E-state index in [0.29, 0.717) is 5.76 Å². The standard InChI is InChI=1S/C14H15FN2O4S/c15-11-3-5-13(6-4-11)22(19,20)10-16-9-14(18)17-8-12-2-1-7-21-12/h1-7,16H,8-10H2,(H,17,18).